The van der Waals surface area contributed by atoms with Crippen LogP contribution >= 0.6 is 0 Å². The smallest absolute Gasteiger partial charge is 0.250 e. The van der Waals surface area contributed by atoms with Gasteiger partial charge in [-0.1, -0.05) is 0 Å². The van der Waals surface area contributed by atoms with E-state index in [1.165, 1.54) is 18.3 Å². The maximum Gasteiger partial charge on any atom is 0.250 e. The Morgan fingerprint density at radius 1 is 1.46 bits per heavy atom. The van der Waals surface area contributed by atoms with E-state index in [-0.39, 0.29) is 23.5 Å². The minimum atomic E-state index is -0.471. The molecule has 2 saturated heterocycles. The lowest BCUT2D eigenvalue weighted by molar-refractivity contribution is -0.131. The summed E-state index contributed by atoms with van der Waals surface area (Å²) in [6, 6.07) is 6.77. The average Bonchev–Trinajstić information content (AvgIpc) is 3.38. The van der Waals surface area contributed by atoms with Crippen molar-refractivity contribution in [3.05, 3.63) is 48.2 Å². The summed E-state index contributed by atoms with van der Waals surface area (Å²) in [6.07, 6.45) is 5.74. The molecule has 0 unspecified atom stereocenters. The van der Waals surface area contributed by atoms with Crippen LogP contribution in [0, 0.1) is 5.82 Å². The van der Waals surface area contributed by atoms with Gasteiger partial charge in [0.05, 0.1) is 12.2 Å². The molecule has 1 N–H and O–H groups in total. The highest BCUT2D eigenvalue weighted by Gasteiger charge is 2.47. The number of amides is 1. The van der Waals surface area contributed by atoms with E-state index in [2.05, 4.69) is 9.97 Å². The Labute approximate surface area is 151 Å². The number of hydrogen-bond acceptors (Lipinski definition) is 4. The number of halogens is 1. The number of aromatic amines is 1. The first-order chi connectivity index (χ1) is 12.6. The van der Waals surface area contributed by atoms with Gasteiger partial charge in [-0.15, -0.1) is 0 Å². The number of ether oxygens (including phenoxy) is 2. The number of carbonyl (C=O) groups is 1. The van der Waals surface area contributed by atoms with Crippen LogP contribution in [0.15, 0.2) is 36.7 Å². The Hall–Kier alpha value is -2.41. The highest BCUT2D eigenvalue weighted by Crippen LogP contribution is 2.36. The molecular formula is C19H22FN3O3. The monoisotopic (exact) mass is 359 g/mol. The second kappa shape index (κ2) is 7.07. The van der Waals surface area contributed by atoms with Crippen LogP contribution in [0.1, 0.15) is 25.0 Å². The third kappa shape index (κ3) is 3.58. The van der Waals surface area contributed by atoms with Gasteiger partial charge < -0.3 is 19.4 Å². The molecule has 7 heteroatoms. The van der Waals surface area contributed by atoms with E-state index < -0.39 is 5.82 Å². The quantitative estimate of drug-likeness (QED) is 0.890. The summed E-state index contributed by atoms with van der Waals surface area (Å²) in [5, 5.41) is 0. The molecule has 138 valence electrons. The van der Waals surface area contributed by atoms with Gasteiger partial charge in [-0.25, -0.2) is 9.37 Å². The highest BCUT2D eigenvalue weighted by molar-refractivity contribution is 5.76. The topological polar surface area (TPSA) is 67.5 Å². The average molecular weight is 359 g/mol. The van der Waals surface area contributed by atoms with Gasteiger partial charge in [0.15, 0.2) is 5.82 Å². The minimum absolute atomic E-state index is 0.00928. The number of hydrogen-bond donors (Lipinski definition) is 1. The maximum absolute atomic E-state index is 13.7. The van der Waals surface area contributed by atoms with Crippen molar-refractivity contribution < 1.29 is 18.7 Å². The van der Waals surface area contributed by atoms with Crippen LogP contribution in [-0.2, 0) is 16.0 Å². The maximum atomic E-state index is 13.7. The van der Waals surface area contributed by atoms with Crippen LogP contribution in [0.25, 0.3) is 0 Å². The van der Waals surface area contributed by atoms with E-state index in [0.29, 0.717) is 39.0 Å². The largest absolute Gasteiger partial charge is 0.470 e. The Morgan fingerprint density at radius 3 is 3.19 bits per heavy atom. The second-order valence-corrected chi connectivity index (χ2v) is 6.99. The summed E-state index contributed by atoms with van der Waals surface area (Å²) >= 11 is 0. The van der Waals surface area contributed by atoms with E-state index >= 15 is 0 Å². The van der Waals surface area contributed by atoms with Gasteiger partial charge in [-0.3, -0.25) is 4.79 Å². The first-order valence-corrected chi connectivity index (χ1v) is 8.95. The van der Waals surface area contributed by atoms with Crippen molar-refractivity contribution in [1.82, 2.24) is 14.9 Å². The van der Waals surface area contributed by atoms with E-state index in [0.717, 1.165) is 12.1 Å². The fraction of sp³-hybridized carbons (Fsp3) is 0.474. The molecule has 2 aliphatic heterocycles. The summed E-state index contributed by atoms with van der Waals surface area (Å²) in [7, 11) is 0. The summed E-state index contributed by atoms with van der Waals surface area (Å²) in [4.78, 5) is 21.4. The van der Waals surface area contributed by atoms with Crippen LogP contribution in [-0.4, -0.2) is 52.2 Å². The third-order valence-corrected chi connectivity index (χ3v) is 5.12. The molecule has 1 amide bonds. The first-order valence-electron chi connectivity index (χ1n) is 8.95. The zero-order valence-electron chi connectivity index (χ0n) is 14.5. The van der Waals surface area contributed by atoms with Crippen LogP contribution in [0.4, 0.5) is 4.39 Å². The van der Waals surface area contributed by atoms with E-state index in [1.54, 1.807) is 0 Å². The second-order valence-electron chi connectivity index (χ2n) is 6.99. The Bertz CT molecular complexity index is 767. The van der Waals surface area contributed by atoms with Crippen molar-refractivity contribution in [1.29, 1.82) is 0 Å². The number of likely N-dealkylation sites (tertiary alicyclic amines) is 1. The number of carbonyl (C=O) groups excluding carboxylic acids is 1. The van der Waals surface area contributed by atoms with Crippen molar-refractivity contribution in [2.75, 3.05) is 19.7 Å². The standard InChI is InChI=1S/C19H22FN3O3/c20-16-4-2-9-22-18(16)26-15-11-19(25-12-15)7-10-23(13-19)17(24)6-5-14-3-1-8-21-14/h1-4,8-9,15,21H,5-7,10-13H2/t15-,19+/m1/s1. The molecule has 0 saturated carbocycles. The number of nitrogens with one attached hydrogen (secondary N) is 1. The predicted molar refractivity (Wildman–Crippen MR) is 92.2 cm³/mol. The van der Waals surface area contributed by atoms with Crippen molar-refractivity contribution in [3.63, 3.8) is 0 Å². The third-order valence-electron chi connectivity index (χ3n) is 5.12. The van der Waals surface area contributed by atoms with Crippen molar-refractivity contribution >= 4 is 5.91 Å². The zero-order chi connectivity index (χ0) is 18.0. The SMILES string of the molecule is O=C(CCc1ccc[nH]1)N1CC[C@]2(C[C@@H](Oc3ncccc3F)CO2)C1. The Morgan fingerprint density at radius 2 is 2.38 bits per heavy atom. The molecule has 2 aromatic rings. The van der Waals surface area contributed by atoms with Gasteiger partial charge in [-0.2, -0.15) is 0 Å². The predicted octanol–water partition coefficient (Wildman–Crippen LogP) is 2.32. The lowest BCUT2D eigenvalue weighted by atomic mass is 9.98. The van der Waals surface area contributed by atoms with Crippen LogP contribution in [0.5, 0.6) is 5.88 Å². The molecule has 2 atom stereocenters. The lowest BCUT2D eigenvalue weighted by Gasteiger charge is -2.23. The van der Waals surface area contributed by atoms with E-state index in [9.17, 15) is 9.18 Å². The summed E-state index contributed by atoms with van der Waals surface area (Å²) in [6.45, 7) is 1.65. The fourth-order valence-electron chi connectivity index (χ4n) is 3.76. The van der Waals surface area contributed by atoms with Gasteiger partial charge in [0.25, 0.3) is 5.88 Å². The normalized spacial score (nSPS) is 25.1. The van der Waals surface area contributed by atoms with Gasteiger partial charge >= 0.3 is 0 Å². The van der Waals surface area contributed by atoms with Gasteiger partial charge in [0.2, 0.25) is 5.91 Å². The van der Waals surface area contributed by atoms with Crippen LogP contribution in [0.2, 0.25) is 0 Å². The lowest BCUT2D eigenvalue weighted by Crippen LogP contribution is -2.36. The van der Waals surface area contributed by atoms with Crippen LogP contribution in [0.3, 0.4) is 0 Å². The van der Waals surface area contributed by atoms with Gasteiger partial charge in [0, 0.05) is 44.0 Å². The number of aromatic nitrogens is 2. The molecule has 2 fully saturated rings. The van der Waals surface area contributed by atoms with Crippen molar-refractivity contribution in [3.8, 4) is 5.88 Å². The van der Waals surface area contributed by atoms with Crippen LogP contribution < -0.4 is 4.74 Å². The summed E-state index contributed by atoms with van der Waals surface area (Å²) in [5.74, 6) is -0.323. The number of pyridine rings is 1. The molecule has 0 aromatic carbocycles. The van der Waals surface area contributed by atoms with E-state index in [1.807, 2.05) is 23.2 Å². The van der Waals surface area contributed by atoms with E-state index in [4.69, 9.17) is 9.47 Å². The fourth-order valence-corrected chi connectivity index (χ4v) is 3.76. The molecular weight excluding hydrogens is 337 g/mol. The molecule has 2 aliphatic rings. The van der Waals surface area contributed by atoms with Gasteiger partial charge in [-0.05, 0) is 37.1 Å². The Kier molecular flexibility index (Phi) is 4.63. The minimum Gasteiger partial charge on any atom is -0.470 e. The zero-order valence-corrected chi connectivity index (χ0v) is 14.5. The molecule has 0 aliphatic carbocycles. The molecule has 6 nitrogen and oxygen atoms in total. The van der Waals surface area contributed by atoms with Crippen molar-refractivity contribution in [2.24, 2.45) is 0 Å². The van der Waals surface area contributed by atoms with Crippen molar-refractivity contribution in [2.45, 2.75) is 37.4 Å². The first kappa shape index (κ1) is 17.0. The Balaban J connectivity index is 1.30. The number of aryl methyl sites for hydroxylation is 1. The molecule has 4 heterocycles. The number of H-pyrrole nitrogens is 1. The number of nitrogens with zero attached hydrogens (tertiary/aromatic N) is 2. The molecule has 2 aromatic heterocycles. The molecule has 4 rings (SSSR count). The summed E-state index contributed by atoms with van der Waals surface area (Å²) < 4.78 is 25.3. The highest BCUT2D eigenvalue weighted by atomic mass is 19.1. The van der Waals surface area contributed by atoms with Gasteiger partial charge in [0.1, 0.15) is 6.10 Å². The summed E-state index contributed by atoms with van der Waals surface area (Å²) in [5.41, 5.74) is 0.688. The molecule has 26 heavy (non-hydrogen) atoms. The number of rotatable bonds is 5. The molecule has 1 spiro atoms. The molecule has 0 radical (unpaired) electrons. The molecule has 0 bridgehead atoms.